The van der Waals surface area contributed by atoms with Gasteiger partial charge in [-0.15, -0.1) is 0 Å². The Labute approximate surface area is 125 Å². The Kier molecular flexibility index (Phi) is 3.46. The van der Waals surface area contributed by atoms with Crippen LogP contribution in [0.4, 0.5) is 0 Å². The summed E-state index contributed by atoms with van der Waals surface area (Å²) in [5, 5.41) is 1.21. The first kappa shape index (κ1) is 13.7. The number of benzene rings is 2. The zero-order chi connectivity index (χ0) is 14.9. The third kappa shape index (κ3) is 2.94. The van der Waals surface area contributed by atoms with Gasteiger partial charge in [-0.2, -0.15) is 0 Å². The highest BCUT2D eigenvalue weighted by Gasteiger charge is 2.18. The predicted octanol–water partition coefficient (Wildman–Crippen LogP) is 4.86. The summed E-state index contributed by atoms with van der Waals surface area (Å²) in [6.07, 6.45) is 2.04. The van der Waals surface area contributed by atoms with E-state index in [1.165, 1.54) is 16.5 Å². The molecule has 0 unspecified atom stereocenters. The fourth-order valence-electron chi connectivity index (χ4n) is 2.50. The molecule has 2 heteroatoms. The molecule has 3 rings (SSSR count). The zero-order valence-electron chi connectivity index (χ0n) is 12.5. The highest BCUT2D eigenvalue weighted by molar-refractivity contribution is 5.85. The molecule has 0 fully saturated rings. The minimum absolute atomic E-state index is 0.106. The van der Waals surface area contributed by atoms with Gasteiger partial charge < -0.3 is 9.72 Å². The Morgan fingerprint density at radius 1 is 1.10 bits per heavy atom. The summed E-state index contributed by atoms with van der Waals surface area (Å²) >= 11 is 0. The average molecular weight is 278 g/mol. The second kappa shape index (κ2) is 5.28. The van der Waals surface area contributed by atoms with Crippen molar-refractivity contribution in [3.63, 3.8) is 0 Å². The number of hydrogen-bond acceptors (Lipinski definition) is 1. The Morgan fingerprint density at radius 3 is 2.57 bits per heavy atom. The third-order valence-electron chi connectivity index (χ3n) is 3.63. The van der Waals surface area contributed by atoms with Gasteiger partial charge in [-0.3, -0.25) is 0 Å². The van der Waals surface area contributed by atoms with E-state index in [2.05, 4.69) is 44.0 Å². The summed E-state index contributed by atoms with van der Waals surface area (Å²) in [5.74, 6) is 0.877. The minimum atomic E-state index is -0.106. The number of aromatic amines is 1. The molecule has 2 nitrogen and oxygen atoms in total. The summed E-state index contributed by atoms with van der Waals surface area (Å²) in [5.41, 5.74) is 3.38. The van der Waals surface area contributed by atoms with E-state index in [-0.39, 0.29) is 5.41 Å². The van der Waals surface area contributed by atoms with Gasteiger partial charge in [0.05, 0.1) is 0 Å². The van der Waals surface area contributed by atoms with Crippen LogP contribution in [-0.4, -0.2) is 4.98 Å². The minimum Gasteiger partial charge on any atom is -0.489 e. The van der Waals surface area contributed by atoms with E-state index in [1.807, 2.05) is 36.5 Å². The van der Waals surface area contributed by atoms with Crippen molar-refractivity contribution in [2.45, 2.75) is 25.9 Å². The Bertz CT molecular complexity index is 735. The monoisotopic (exact) mass is 278 g/mol. The lowest BCUT2D eigenvalue weighted by atomic mass is 9.87. The molecule has 0 atom stereocenters. The van der Waals surface area contributed by atoms with E-state index < -0.39 is 0 Å². The van der Waals surface area contributed by atoms with Gasteiger partial charge in [0.2, 0.25) is 0 Å². The lowest BCUT2D eigenvalue weighted by Gasteiger charge is -2.17. The molecule has 21 heavy (non-hydrogen) atoms. The van der Waals surface area contributed by atoms with Crippen molar-refractivity contribution in [2.24, 2.45) is 0 Å². The molecule has 1 heterocycles. The predicted molar refractivity (Wildman–Crippen MR) is 87.5 cm³/mol. The molecule has 1 aromatic heterocycles. The summed E-state index contributed by atoms with van der Waals surface area (Å²) in [4.78, 5) is 3.31. The van der Waals surface area contributed by atoms with Crippen molar-refractivity contribution in [3.8, 4) is 5.75 Å². The molecular weight excluding hydrogens is 258 g/mol. The van der Waals surface area contributed by atoms with Crippen LogP contribution < -0.4 is 4.74 Å². The molecule has 0 bridgehead atoms. The van der Waals surface area contributed by atoms with Crippen LogP contribution >= 0.6 is 0 Å². The van der Waals surface area contributed by atoms with Crippen LogP contribution in [0.15, 0.2) is 54.7 Å². The molecule has 0 amide bonds. The SMILES string of the molecule is [CH2]C(C)(C)c1c[nH]c2cc(OCc3ccccc3)ccc12. The van der Waals surface area contributed by atoms with Gasteiger partial charge in [0, 0.05) is 23.2 Å². The summed E-state index contributed by atoms with van der Waals surface area (Å²) in [6, 6.07) is 16.4. The molecule has 0 spiro atoms. The van der Waals surface area contributed by atoms with E-state index in [9.17, 15) is 0 Å². The van der Waals surface area contributed by atoms with E-state index in [0.717, 1.165) is 11.3 Å². The van der Waals surface area contributed by atoms with Crippen molar-refractivity contribution >= 4 is 10.9 Å². The number of rotatable bonds is 4. The maximum atomic E-state index is 5.86. The van der Waals surface area contributed by atoms with Crippen molar-refractivity contribution < 1.29 is 4.74 Å². The number of aromatic nitrogens is 1. The Hall–Kier alpha value is -2.22. The maximum Gasteiger partial charge on any atom is 0.121 e. The highest BCUT2D eigenvalue weighted by atomic mass is 16.5. The van der Waals surface area contributed by atoms with Crippen LogP contribution in [0.5, 0.6) is 5.75 Å². The van der Waals surface area contributed by atoms with E-state index >= 15 is 0 Å². The summed E-state index contributed by atoms with van der Waals surface area (Å²) < 4.78 is 5.86. The molecule has 3 aromatic rings. The Balaban J connectivity index is 1.82. The fraction of sp³-hybridized carbons (Fsp3) is 0.211. The molecule has 1 radical (unpaired) electrons. The quantitative estimate of drug-likeness (QED) is 0.724. The van der Waals surface area contributed by atoms with Crippen molar-refractivity contribution in [1.29, 1.82) is 0 Å². The van der Waals surface area contributed by atoms with E-state index in [4.69, 9.17) is 4.74 Å². The smallest absolute Gasteiger partial charge is 0.121 e. The molecule has 0 aliphatic carbocycles. The summed E-state index contributed by atoms with van der Waals surface area (Å²) in [6.45, 7) is 9.04. The average Bonchev–Trinajstić information content (AvgIpc) is 2.89. The van der Waals surface area contributed by atoms with Gasteiger partial charge in [-0.25, -0.2) is 0 Å². The van der Waals surface area contributed by atoms with E-state index in [0.29, 0.717) is 6.61 Å². The van der Waals surface area contributed by atoms with Gasteiger partial charge in [0.25, 0.3) is 0 Å². The van der Waals surface area contributed by atoms with Crippen LogP contribution in [0.1, 0.15) is 25.0 Å². The van der Waals surface area contributed by atoms with Crippen molar-refractivity contribution in [3.05, 3.63) is 72.8 Å². The normalized spacial score (nSPS) is 11.8. The maximum absolute atomic E-state index is 5.86. The first-order valence-corrected chi connectivity index (χ1v) is 7.18. The number of H-pyrrole nitrogens is 1. The summed E-state index contributed by atoms with van der Waals surface area (Å²) in [7, 11) is 0. The molecule has 0 aliphatic rings. The fourth-order valence-corrected chi connectivity index (χ4v) is 2.50. The number of fused-ring (bicyclic) bond motifs is 1. The van der Waals surface area contributed by atoms with Gasteiger partial charge in [0.1, 0.15) is 12.4 Å². The van der Waals surface area contributed by atoms with Crippen LogP contribution in [-0.2, 0) is 12.0 Å². The second-order valence-electron chi connectivity index (χ2n) is 6.07. The van der Waals surface area contributed by atoms with Crippen molar-refractivity contribution in [2.75, 3.05) is 0 Å². The molecule has 0 saturated heterocycles. The lowest BCUT2D eigenvalue weighted by molar-refractivity contribution is 0.306. The Morgan fingerprint density at radius 2 is 1.86 bits per heavy atom. The van der Waals surface area contributed by atoms with Gasteiger partial charge in [-0.1, -0.05) is 44.2 Å². The number of ether oxygens (including phenoxy) is 1. The van der Waals surface area contributed by atoms with Gasteiger partial charge in [-0.05, 0) is 35.6 Å². The first-order valence-electron chi connectivity index (χ1n) is 7.18. The van der Waals surface area contributed by atoms with Crippen LogP contribution in [0.2, 0.25) is 0 Å². The molecular formula is C19H20NO. The van der Waals surface area contributed by atoms with Gasteiger partial charge >= 0.3 is 0 Å². The first-order chi connectivity index (χ1) is 10.0. The molecule has 1 N–H and O–H groups in total. The third-order valence-corrected chi connectivity index (χ3v) is 3.63. The van der Waals surface area contributed by atoms with Crippen LogP contribution in [0, 0.1) is 6.92 Å². The second-order valence-corrected chi connectivity index (χ2v) is 6.07. The van der Waals surface area contributed by atoms with Gasteiger partial charge in [0.15, 0.2) is 0 Å². The lowest BCUT2D eigenvalue weighted by Crippen LogP contribution is -2.10. The topological polar surface area (TPSA) is 25.0 Å². The standard InChI is InChI=1S/C19H20NO/c1-19(2,3)17-12-20-18-11-15(9-10-16(17)18)21-13-14-7-5-4-6-8-14/h4-12,20H,1,13H2,2-3H3. The zero-order valence-corrected chi connectivity index (χ0v) is 12.5. The van der Waals surface area contributed by atoms with Crippen LogP contribution in [0.3, 0.4) is 0 Å². The molecule has 107 valence electrons. The number of nitrogens with one attached hydrogen (secondary N) is 1. The number of hydrogen-bond donors (Lipinski definition) is 1. The molecule has 2 aromatic carbocycles. The van der Waals surface area contributed by atoms with Crippen molar-refractivity contribution in [1.82, 2.24) is 4.98 Å². The molecule has 0 saturated carbocycles. The van der Waals surface area contributed by atoms with E-state index in [1.54, 1.807) is 0 Å². The molecule has 0 aliphatic heterocycles. The largest absolute Gasteiger partial charge is 0.489 e. The highest BCUT2D eigenvalue weighted by Crippen LogP contribution is 2.31. The van der Waals surface area contributed by atoms with Crippen LogP contribution in [0.25, 0.3) is 10.9 Å².